The zero-order valence-electron chi connectivity index (χ0n) is 14.0. The van der Waals surface area contributed by atoms with Gasteiger partial charge in [0.1, 0.15) is 11.6 Å². The maximum absolute atomic E-state index is 13.2. The van der Waals surface area contributed by atoms with Crippen LogP contribution in [0.1, 0.15) is 23.1 Å². The van der Waals surface area contributed by atoms with Crippen LogP contribution in [0.4, 0.5) is 8.78 Å². The topological polar surface area (TPSA) is 75.2 Å². The molecule has 0 amide bonds. The Morgan fingerprint density at radius 3 is 2.65 bits per heavy atom. The lowest BCUT2D eigenvalue weighted by Crippen LogP contribution is -2.35. The van der Waals surface area contributed by atoms with E-state index < -0.39 is 12.1 Å². The number of aryl methyl sites for hydroxylation is 3. The van der Waals surface area contributed by atoms with Gasteiger partial charge in [0.05, 0.1) is 11.0 Å². The number of benzene rings is 2. The number of hydrogen-bond donors (Lipinski definition) is 2. The molecule has 1 aliphatic rings. The second-order valence-corrected chi connectivity index (χ2v) is 6.48. The van der Waals surface area contributed by atoms with Crippen LogP contribution in [0.5, 0.6) is 5.75 Å². The molecule has 0 unspecified atom stereocenters. The first-order chi connectivity index (χ1) is 12.3. The lowest BCUT2D eigenvalue weighted by Gasteiger charge is -2.15. The number of carboxylic acid groups (broad SMARTS) is 1. The molecule has 26 heavy (non-hydrogen) atoms. The van der Waals surface area contributed by atoms with E-state index in [1.165, 1.54) is 17.2 Å². The molecule has 4 rings (SSSR count). The molecular weight excluding hydrogens is 342 g/mol. The van der Waals surface area contributed by atoms with Gasteiger partial charge in [0, 0.05) is 5.56 Å². The molecule has 7 heteroatoms. The number of carbonyl (C=O) groups is 1. The Bertz CT molecular complexity index is 986. The van der Waals surface area contributed by atoms with Crippen LogP contribution in [0, 0.1) is 6.92 Å². The van der Waals surface area contributed by atoms with Crippen LogP contribution in [0.3, 0.4) is 0 Å². The minimum absolute atomic E-state index is 0.184. The van der Waals surface area contributed by atoms with Crippen molar-refractivity contribution in [1.29, 1.82) is 0 Å². The summed E-state index contributed by atoms with van der Waals surface area (Å²) in [5.41, 5.74) is 5.58. The number of nitrogens with one attached hydrogen (secondary N) is 1. The monoisotopic (exact) mass is 358 g/mol. The van der Waals surface area contributed by atoms with Gasteiger partial charge in [-0.1, -0.05) is 0 Å². The molecule has 0 saturated carbocycles. The normalized spacial score (nSPS) is 13.8. The van der Waals surface area contributed by atoms with Gasteiger partial charge in [0.15, 0.2) is 0 Å². The predicted molar refractivity (Wildman–Crippen MR) is 91.5 cm³/mol. The van der Waals surface area contributed by atoms with Gasteiger partial charge in [0.25, 0.3) is 0 Å². The first-order valence-electron chi connectivity index (χ1n) is 8.26. The number of carboxylic acids is 1. The summed E-state index contributed by atoms with van der Waals surface area (Å²) in [7, 11) is 0. The molecule has 0 fully saturated rings. The summed E-state index contributed by atoms with van der Waals surface area (Å²) < 4.78 is 30.8. The molecule has 1 aromatic heterocycles. The zero-order valence-corrected chi connectivity index (χ0v) is 14.0. The van der Waals surface area contributed by atoms with Crippen molar-refractivity contribution < 1.29 is 23.4 Å². The summed E-state index contributed by atoms with van der Waals surface area (Å²) in [6.07, 6.45) is -0.971. The minimum atomic E-state index is -4.27. The molecule has 5 nitrogen and oxygen atoms in total. The number of fused-ring (bicyclic) bond motifs is 2. The third-order valence-electron chi connectivity index (χ3n) is 4.63. The van der Waals surface area contributed by atoms with E-state index in [2.05, 4.69) is 26.8 Å². The van der Waals surface area contributed by atoms with Crippen molar-refractivity contribution in [2.45, 2.75) is 32.3 Å². The summed E-state index contributed by atoms with van der Waals surface area (Å²) in [5, 5.41) is 8.49. The van der Waals surface area contributed by atoms with Crippen molar-refractivity contribution in [2.24, 2.45) is 0 Å². The van der Waals surface area contributed by atoms with Gasteiger partial charge in [-0.3, -0.25) is 0 Å². The van der Waals surface area contributed by atoms with Crippen LogP contribution in [-0.4, -0.2) is 27.2 Å². The Kier molecular flexibility index (Phi) is 3.68. The molecule has 0 aliphatic heterocycles. The third kappa shape index (κ3) is 2.79. The van der Waals surface area contributed by atoms with Crippen molar-refractivity contribution in [1.82, 2.24) is 9.97 Å². The molecule has 1 heterocycles. The van der Waals surface area contributed by atoms with Crippen molar-refractivity contribution in [2.75, 3.05) is 0 Å². The number of halogens is 2. The summed E-state index contributed by atoms with van der Waals surface area (Å²) in [4.78, 5) is 18.4. The molecule has 0 bridgehead atoms. The van der Waals surface area contributed by atoms with Crippen molar-refractivity contribution in [3.05, 3.63) is 47.0 Å². The Morgan fingerprint density at radius 2 is 1.96 bits per heavy atom. The molecule has 0 spiro atoms. The fourth-order valence-corrected chi connectivity index (χ4v) is 3.31. The number of rotatable bonds is 4. The number of alkyl halides is 2. The quantitative estimate of drug-likeness (QED) is 0.737. The highest BCUT2D eigenvalue weighted by molar-refractivity contribution is 5.81. The van der Waals surface area contributed by atoms with Crippen LogP contribution >= 0.6 is 0 Å². The Hall–Kier alpha value is -2.96. The number of aliphatic carboxylic acids is 1. The van der Waals surface area contributed by atoms with Crippen LogP contribution in [-0.2, 0) is 17.6 Å². The largest absolute Gasteiger partial charge is 0.501 e. The zero-order chi connectivity index (χ0) is 18.5. The molecule has 2 N–H and O–H groups in total. The predicted octanol–water partition coefficient (Wildman–Crippen LogP) is 4.08. The van der Waals surface area contributed by atoms with Gasteiger partial charge in [0.2, 0.25) is 0 Å². The Balaban J connectivity index is 1.67. The molecule has 0 atom stereocenters. The van der Waals surface area contributed by atoms with Crippen LogP contribution in [0.25, 0.3) is 22.4 Å². The highest BCUT2D eigenvalue weighted by Gasteiger charge is 2.42. The van der Waals surface area contributed by atoms with E-state index in [9.17, 15) is 13.6 Å². The first kappa shape index (κ1) is 16.5. The smallest absolute Gasteiger partial charge is 0.474 e. The number of hydrogen-bond acceptors (Lipinski definition) is 3. The van der Waals surface area contributed by atoms with E-state index in [0.29, 0.717) is 17.0 Å². The standard InChI is InChI=1S/C19H16F2N2O3/c1-10-7-13(5-6-16(10)26-19(20,21)18(24)25)17-22-14-8-11-3-2-4-12(11)9-15(14)23-17/h5-9H,2-4H2,1H3,(H,22,23)(H,24,25). The van der Waals surface area contributed by atoms with Gasteiger partial charge in [-0.05, 0) is 73.2 Å². The average Bonchev–Trinajstić information content (AvgIpc) is 3.19. The summed E-state index contributed by atoms with van der Waals surface area (Å²) in [6.45, 7) is 1.58. The lowest BCUT2D eigenvalue weighted by molar-refractivity contribution is -0.211. The van der Waals surface area contributed by atoms with Crippen LogP contribution in [0.2, 0.25) is 0 Å². The van der Waals surface area contributed by atoms with E-state index in [0.717, 1.165) is 30.3 Å². The summed E-state index contributed by atoms with van der Waals surface area (Å²) in [5.74, 6) is -1.88. The molecule has 0 saturated heterocycles. The fraction of sp³-hybridized carbons (Fsp3) is 0.263. The summed E-state index contributed by atoms with van der Waals surface area (Å²) >= 11 is 0. The molecular formula is C19H16F2N2O3. The van der Waals surface area contributed by atoms with E-state index in [1.807, 2.05) is 0 Å². The van der Waals surface area contributed by atoms with Crippen molar-refractivity contribution in [3.63, 3.8) is 0 Å². The first-order valence-corrected chi connectivity index (χ1v) is 8.26. The Morgan fingerprint density at radius 1 is 1.23 bits per heavy atom. The van der Waals surface area contributed by atoms with Crippen molar-refractivity contribution in [3.8, 4) is 17.1 Å². The van der Waals surface area contributed by atoms with Gasteiger partial charge in [-0.2, -0.15) is 8.78 Å². The SMILES string of the molecule is Cc1cc(-c2nc3cc4c(cc3[nH]2)CCC4)ccc1OC(F)(F)C(=O)O. The lowest BCUT2D eigenvalue weighted by atomic mass is 10.1. The minimum Gasteiger partial charge on any atom is -0.474 e. The maximum Gasteiger partial charge on any atom is 0.501 e. The van der Waals surface area contributed by atoms with Crippen LogP contribution < -0.4 is 4.74 Å². The molecule has 1 aliphatic carbocycles. The molecule has 2 aromatic carbocycles. The number of aromatic amines is 1. The van der Waals surface area contributed by atoms with Gasteiger partial charge in [-0.15, -0.1) is 0 Å². The fourth-order valence-electron chi connectivity index (χ4n) is 3.31. The van der Waals surface area contributed by atoms with E-state index >= 15 is 0 Å². The highest BCUT2D eigenvalue weighted by Crippen LogP contribution is 2.31. The second-order valence-electron chi connectivity index (χ2n) is 6.48. The number of imidazole rings is 1. The molecule has 3 aromatic rings. The van der Waals surface area contributed by atoms with Gasteiger partial charge < -0.3 is 14.8 Å². The average molecular weight is 358 g/mol. The molecule has 0 radical (unpaired) electrons. The van der Waals surface area contributed by atoms with Crippen molar-refractivity contribution >= 4 is 17.0 Å². The molecule has 134 valence electrons. The second kappa shape index (κ2) is 5.79. The van der Waals surface area contributed by atoms with E-state index in [4.69, 9.17) is 5.11 Å². The van der Waals surface area contributed by atoms with Gasteiger partial charge >= 0.3 is 12.1 Å². The number of H-pyrrole nitrogens is 1. The number of nitrogens with zero attached hydrogens (tertiary/aromatic N) is 1. The van der Waals surface area contributed by atoms with E-state index in [1.54, 1.807) is 19.1 Å². The summed E-state index contributed by atoms with van der Waals surface area (Å²) in [6, 6.07) is 8.75. The number of aromatic nitrogens is 2. The Labute approximate surface area is 147 Å². The van der Waals surface area contributed by atoms with Crippen LogP contribution in [0.15, 0.2) is 30.3 Å². The maximum atomic E-state index is 13.2. The third-order valence-corrected chi connectivity index (χ3v) is 4.63. The highest BCUT2D eigenvalue weighted by atomic mass is 19.3. The van der Waals surface area contributed by atoms with E-state index in [-0.39, 0.29) is 5.75 Å². The number of ether oxygens (including phenoxy) is 1. The van der Waals surface area contributed by atoms with Gasteiger partial charge in [-0.25, -0.2) is 9.78 Å².